The van der Waals surface area contributed by atoms with Gasteiger partial charge in [-0.05, 0) is 36.6 Å². The fourth-order valence-electron chi connectivity index (χ4n) is 2.82. The fraction of sp³-hybridized carbons (Fsp3) is 0.211. The largest absolute Gasteiger partial charge is 0.478 e. The topological polar surface area (TPSA) is 86.3 Å². The Labute approximate surface area is 144 Å². The summed E-state index contributed by atoms with van der Waals surface area (Å²) < 4.78 is 0. The van der Waals surface area contributed by atoms with Crippen molar-refractivity contribution in [3.8, 4) is 0 Å². The predicted molar refractivity (Wildman–Crippen MR) is 97.5 cm³/mol. The lowest BCUT2D eigenvalue weighted by atomic mass is 10.1. The molecule has 0 aliphatic carbocycles. The Balaban J connectivity index is 1.95. The average Bonchev–Trinajstić information content (AvgIpc) is 2.60. The Kier molecular flexibility index (Phi) is 4.52. The van der Waals surface area contributed by atoms with Crippen LogP contribution in [0.2, 0.25) is 0 Å². The predicted octanol–water partition coefficient (Wildman–Crippen LogP) is 2.61. The summed E-state index contributed by atoms with van der Waals surface area (Å²) in [6.45, 7) is 2.33. The van der Waals surface area contributed by atoms with Gasteiger partial charge in [-0.15, -0.1) is 0 Å². The Morgan fingerprint density at radius 1 is 1.20 bits per heavy atom. The van der Waals surface area contributed by atoms with Gasteiger partial charge in [0, 0.05) is 13.6 Å². The number of fused-ring (bicyclic) bond motifs is 1. The first kappa shape index (κ1) is 16.7. The van der Waals surface area contributed by atoms with Crippen LogP contribution in [0, 0.1) is 6.92 Å². The van der Waals surface area contributed by atoms with E-state index in [0.717, 1.165) is 6.42 Å². The van der Waals surface area contributed by atoms with Crippen molar-refractivity contribution in [2.45, 2.75) is 13.3 Å². The first-order valence-corrected chi connectivity index (χ1v) is 7.99. The molecule has 0 fully saturated rings. The summed E-state index contributed by atoms with van der Waals surface area (Å²) in [6.07, 6.45) is 0.782. The van der Waals surface area contributed by atoms with Gasteiger partial charge in [0.1, 0.15) is 0 Å². The van der Waals surface area contributed by atoms with Crippen LogP contribution in [0.4, 0.5) is 5.82 Å². The van der Waals surface area contributed by atoms with E-state index in [4.69, 9.17) is 0 Å². The highest BCUT2D eigenvalue weighted by molar-refractivity contribution is 5.95. The molecular weight excluding hydrogens is 318 g/mol. The van der Waals surface area contributed by atoms with Gasteiger partial charge in [0.25, 0.3) is 5.56 Å². The maximum Gasteiger partial charge on any atom is 0.336 e. The van der Waals surface area contributed by atoms with E-state index in [1.165, 1.54) is 11.6 Å². The number of carboxylic acid groups (broad SMARTS) is 1. The van der Waals surface area contributed by atoms with Crippen molar-refractivity contribution < 1.29 is 9.90 Å². The zero-order valence-electron chi connectivity index (χ0n) is 14.1. The molecule has 0 bridgehead atoms. The normalized spacial score (nSPS) is 10.8. The highest BCUT2D eigenvalue weighted by Gasteiger charge is 2.15. The molecule has 0 amide bonds. The third-order valence-electron chi connectivity index (χ3n) is 4.27. The van der Waals surface area contributed by atoms with Gasteiger partial charge in [0.2, 0.25) is 0 Å². The van der Waals surface area contributed by atoms with Crippen LogP contribution < -0.4 is 10.5 Å². The average molecular weight is 337 g/mol. The lowest BCUT2D eigenvalue weighted by molar-refractivity contribution is 0.0696. The van der Waals surface area contributed by atoms with Crippen molar-refractivity contribution in [3.63, 3.8) is 0 Å². The lowest BCUT2D eigenvalue weighted by Gasteiger charge is -2.18. The van der Waals surface area contributed by atoms with E-state index >= 15 is 0 Å². The Morgan fingerprint density at radius 2 is 1.92 bits per heavy atom. The number of anilines is 1. The molecule has 0 saturated carbocycles. The molecule has 6 nitrogen and oxygen atoms in total. The Hall–Kier alpha value is -3.15. The molecule has 0 aliphatic rings. The Morgan fingerprint density at radius 3 is 2.60 bits per heavy atom. The Bertz CT molecular complexity index is 980. The summed E-state index contributed by atoms with van der Waals surface area (Å²) in [4.78, 5) is 32.7. The number of rotatable bonds is 5. The van der Waals surface area contributed by atoms with E-state index in [1.54, 1.807) is 17.9 Å². The van der Waals surface area contributed by atoms with Gasteiger partial charge in [-0.3, -0.25) is 4.79 Å². The molecule has 3 aromatic rings. The standard InChI is InChI=1S/C19H19N3O3/c1-12-14(19(24)25)8-9-15-16(12)21-17(18(23)20-15)22(2)11-10-13-6-4-3-5-7-13/h3-9H,10-11H2,1-2H3,(H,20,23)(H,24,25). The van der Waals surface area contributed by atoms with Gasteiger partial charge < -0.3 is 15.0 Å². The van der Waals surface area contributed by atoms with E-state index in [1.807, 2.05) is 37.4 Å². The van der Waals surface area contributed by atoms with Crippen LogP contribution in [0.5, 0.6) is 0 Å². The van der Waals surface area contributed by atoms with E-state index in [2.05, 4.69) is 9.97 Å². The molecule has 128 valence electrons. The van der Waals surface area contributed by atoms with Crippen LogP contribution in [0.15, 0.2) is 47.3 Å². The highest BCUT2D eigenvalue weighted by Crippen LogP contribution is 2.19. The number of carbonyl (C=O) groups is 1. The second-order valence-corrected chi connectivity index (χ2v) is 5.99. The molecule has 0 spiro atoms. The number of aromatic nitrogens is 2. The molecule has 0 aliphatic heterocycles. The molecular formula is C19H19N3O3. The lowest BCUT2D eigenvalue weighted by Crippen LogP contribution is -2.28. The van der Waals surface area contributed by atoms with Gasteiger partial charge in [-0.1, -0.05) is 30.3 Å². The smallest absolute Gasteiger partial charge is 0.336 e. The molecule has 0 unspecified atom stereocenters. The van der Waals surface area contributed by atoms with E-state index < -0.39 is 5.97 Å². The van der Waals surface area contributed by atoms with Gasteiger partial charge >= 0.3 is 5.97 Å². The SMILES string of the molecule is Cc1c(C(=O)O)ccc2[nH]c(=O)c(N(C)CCc3ccccc3)nc12. The molecule has 0 radical (unpaired) electrons. The van der Waals surface area contributed by atoms with Crippen LogP contribution in [0.25, 0.3) is 11.0 Å². The molecule has 25 heavy (non-hydrogen) atoms. The quantitative estimate of drug-likeness (QED) is 0.747. The third-order valence-corrected chi connectivity index (χ3v) is 4.27. The zero-order valence-corrected chi connectivity index (χ0v) is 14.1. The summed E-state index contributed by atoms with van der Waals surface area (Å²) in [7, 11) is 1.81. The second kappa shape index (κ2) is 6.76. The van der Waals surface area contributed by atoms with Gasteiger partial charge in [0.05, 0.1) is 16.6 Å². The van der Waals surface area contributed by atoms with Crippen LogP contribution in [0.3, 0.4) is 0 Å². The van der Waals surface area contributed by atoms with Crippen LogP contribution in [0.1, 0.15) is 21.5 Å². The fourth-order valence-corrected chi connectivity index (χ4v) is 2.82. The number of hydrogen-bond donors (Lipinski definition) is 2. The number of hydrogen-bond acceptors (Lipinski definition) is 4. The summed E-state index contributed by atoms with van der Waals surface area (Å²) in [5.41, 5.74) is 2.65. The van der Waals surface area contributed by atoms with Gasteiger partial charge in [-0.2, -0.15) is 0 Å². The van der Waals surface area contributed by atoms with E-state index in [0.29, 0.717) is 23.1 Å². The summed E-state index contributed by atoms with van der Waals surface area (Å²) in [6, 6.07) is 13.1. The second-order valence-electron chi connectivity index (χ2n) is 5.99. The first-order chi connectivity index (χ1) is 12.0. The van der Waals surface area contributed by atoms with Crippen LogP contribution >= 0.6 is 0 Å². The van der Waals surface area contributed by atoms with Crippen molar-refractivity contribution >= 4 is 22.8 Å². The maximum absolute atomic E-state index is 12.3. The van der Waals surface area contributed by atoms with E-state index in [-0.39, 0.29) is 16.9 Å². The van der Waals surface area contributed by atoms with Gasteiger partial charge in [-0.25, -0.2) is 9.78 Å². The number of H-pyrrole nitrogens is 1. The number of likely N-dealkylation sites (N-methyl/N-ethyl adjacent to an activating group) is 1. The van der Waals surface area contributed by atoms with Crippen molar-refractivity contribution in [3.05, 3.63) is 69.5 Å². The van der Waals surface area contributed by atoms with Crippen molar-refractivity contribution in [1.82, 2.24) is 9.97 Å². The van der Waals surface area contributed by atoms with Crippen molar-refractivity contribution in [2.24, 2.45) is 0 Å². The number of aromatic amines is 1. The number of carboxylic acids is 1. The highest BCUT2D eigenvalue weighted by atomic mass is 16.4. The minimum atomic E-state index is -1.01. The molecule has 3 rings (SSSR count). The first-order valence-electron chi connectivity index (χ1n) is 7.99. The van der Waals surface area contributed by atoms with Crippen LogP contribution in [-0.4, -0.2) is 34.6 Å². The minimum Gasteiger partial charge on any atom is -0.478 e. The van der Waals surface area contributed by atoms with E-state index in [9.17, 15) is 14.7 Å². The number of aryl methyl sites for hydroxylation is 1. The molecule has 2 N–H and O–H groups in total. The number of nitrogens with one attached hydrogen (secondary N) is 1. The zero-order chi connectivity index (χ0) is 18.0. The molecule has 6 heteroatoms. The molecule has 0 saturated heterocycles. The number of benzene rings is 2. The summed E-state index contributed by atoms with van der Waals surface area (Å²) in [5.74, 6) is -0.722. The summed E-state index contributed by atoms with van der Waals surface area (Å²) >= 11 is 0. The number of nitrogens with zero attached hydrogens (tertiary/aromatic N) is 2. The van der Waals surface area contributed by atoms with Crippen LogP contribution in [-0.2, 0) is 6.42 Å². The summed E-state index contributed by atoms with van der Waals surface area (Å²) in [5, 5.41) is 9.26. The molecule has 2 aromatic carbocycles. The third kappa shape index (κ3) is 3.38. The monoisotopic (exact) mass is 337 g/mol. The number of aromatic carboxylic acids is 1. The molecule has 0 atom stereocenters. The molecule has 1 heterocycles. The molecule has 1 aromatic heterocycles. The van der Waals surface area contributed by atoms with Crippen molar-refractivity contribution in [1.29, 1.82) is 0 Å². The minimum absolute atomic E-state index is 0.185. The van der Waals surface area contributed by atoms with Gasteiger partial charge in [0.15, 0.2) is 5.82 Å². The maximum atomic E-state index is 12.3. The van der Waals surface area contributed by atoms with Crippen molar-refractivity contribution in [2.75, 3.05) is 18.5 Å².